The van der Waals surface area contributed by atoms with Gasteiger partial charge in [-0.05, 0) is 29.3 Å². The van der Waals surface area contributed by atoms with Crippen LogP contribution in [-0.2, 0) is 11.1 Å². The molecule has 0 spiro atoms. The highest BCUT2D eigenvalue weighted by molar-refractivity contribution is 8.80. The first-order chi connectivity index (χ1) is 8.59. The zero-order valence-corrected chi connectivity index (χ0v) is 13.5. The molecular formula is C10H13NO2S5. The van der Waals surface area contributed by atoms with Crippen LogP contribution in [0, 0.1) is 0 Å². The molecule has 8 heteroatoms. The summed E-state index contributed by atoms with van der Waals surface area (Å²) < 4.78 is 18.8. The third-order valence-electron chi connectivity index (χ3n) is 2.15. The quantitative estimate of drug-likeness (QED) is 0.241. The molecule has 2 atom stereocenters. The van der Waals surface area contributed by atoms with Crippen LogP contribution in [-0.4, -0.2) is 23.8 Å². The Labute approximate surface area is 127 Å². The van der Waals surface area contributed by atoms with Gasteiger partial charge in [0.15, 0.2) is 14.6 Å². The minimum Gasteiger partial charge on any atom is -0.352 e. The van der Waals surface area contributed by atoms with Gasteiger partial charge in [-0.3, -0.25) is 0 Å². The van der Waals surface area contributed by atoms with E-state index in [-0.39, 0.29) is 3.54 Å². The molecule has 0 radical (unpaired) electrons. The second-order valence-electron chi connectivity index (χ2n) is 3.59. The van der Waals surface area contributed by atoms with E-state index in [9.17, 15) is 4.21 Å². The van der Waals surface area contributed by atoms with Crippen molar-refractivity contribution in [2.24, 2.45) is 0 Å². The van der Waals surface area contributed by atoms with Crippen LogP contribution >= 0.6 is 46.0 Å². The van der Waals surface area contributed by atoms with Gasteiger partial charge in [-0.2, -0.15) is 0 Å². The van der Waals surface area contributed by atoms with Crippen LogP contribution < -0.4 is 5.32 Å². The third-order valence-corrected chi connectivity index (χ3v) is 8.09. The first-order valence-corrected chi connectivity index (χ1v) is 10.1. The van der Waals surface area contributed by atoms with E-state index >= 15 is 0 Å². The summed E-state index contributed by atoms with van der Waals surface area (Å²) >= 11 is 4.67. The van der Waals surface area contributed by atoms with Crippen molar-refractivity contribution < 1.29 is 8.76 Å². The zero-order valence-electron chi connectivity index (χ0n) is 9.37. The summed E-state index contributed by atoms with van der Waals surface area (Å²) in [6.45, 7) is 0. The molecule has 0 aliphatic carbocycles. The lowest BCUT2D eigenvalue weighted by Crippen LogP contribution is -2.17. The van der Waals surface area contributed by atoms with Crippen molar-refractivity contribution >= 4 is 62.7 Å². The molecule has 3 nitrogen and oxygen atoms in total. The van der Waals surface area contributed by atoms with Crippen LogP contribution in [0.2, 0.25) is 0 Å². The van der Waals surface area contributed by atoms with Gasteiger partial charge in [0, 0.05) is 10.6 Å². The van der Waals surface area contributed by atoms with E-state index in [2.05, 4.69) is 24.0 Å². The maximum atomic E-state index is 10.5. The summed E-state index contributed by atoms with van der Waals surface area (Å²) in [5.41, 5.74) is 1.11. The number of thioether (sulfide) groups is 1. The molecule has 0 saturated carbocycles. The summed E-state index contributed by atoms with van der Waals surface area (Å²) in [6, 6.07) is 8.13. The van der Waals surface area contributed by atoms with E-state index in [1.54, 1.807) is 33.3 Å². The Morgan fingerprint density at radius 3 is 3.00 bits per heavy atom. The van der Waals surface area contributed by atoms with Crippen molar-refractivity contribution in [2.75, 3.05) is 16.8 Å². The molecule has 0 fully saturated rings. The van der Waals surface area contributed by atoms with Gasteiger partial charge in [-0.1, -0.05) is 34.7 Å². The van der Waals surface area contributed by atoms with Gasteiger partial charge in [0.2, 0.25) is 0 Å². The first kappa shape index (κ1) is 14.9. The summed E-state index contributed by atoms with van der Waals surface area (Å²) in [7, 11) is 3.32. The molecule has 1 aliphatic rings. The molecule has 2 N–H and O–H groups in total. The summed E-state index contributed by atoms with van der Waals surface area (Å²) in [6.07, 6.45) is 0.738. The highest BCUT2D eigenvalue weighted by Gasteiger charge is 2.35. The number of thiol groups is 1. The summed E-state index contributed by atoms with van der Waals surface area (Å²) in [5, 5.41) is 3.37. The number of hydrogen-bond acceptors (Lipinski definition) is 6. The van der Waals surface area contributed by atoms with Crippen molar-refractivity contribution in [1.82, 2.24) is 0 Å². The largest absolute Gasteiger partial charge is 0.352 e. The lowest BCUT2D eigenvalue weighted by Gasteiger charge is -2.21. The molecule has 0 aromatic heterocycles. The van der Waals surface area contributed by atoms with Crippen LogP contribution in [0.4, 0.5) is 5.69 Å². The maximum Gasteiger partial charge on any atom is 0.190 e. The molecular weight excluding hydrogens is 326 g/mol. The number of benzene rings is 1. The fourth-order valence-electron chi connectivity index (χ4n) is 1.40. The Hall–Kier alpha value is 0.530. The number of nitrogens with one attached hydrogen (secondary N) is 1. The fraction of sp³-hybridized carbons (Fsp3) is 0.400. The Balaban J connectivity index is 1.76. The molecule has 0 bridgehead atoms. The van der Waals surface area contributed by atoms with Gasteiger partial charge in [-0.25, -0.2) is 4.21 Å². The van der Waals surface area contributed by atoms with Gasteiger partial charge in [0.1, 0.15) is 0 Å². The standard InChI is InChI=1S/C10H13NO2S5/c12-18(13)7-3-6-15-17-10(14)11-8-4-1-2-5-9(8)16-10/h1-2,4-5,11,14H,3,6-7H2,(H,12,13). The van der Waals surface area contributed by atoms with Crippen LogP contribution in [0.15, 0.2) is 29.2 Å². The van der Waals surface area contributed by atoms with Gasteiger partial charge < -0.3 is 9.87 Å². The van der Waals surface area contributed by atoms with E-state index in [1.807, 2.05) is 18.2 Å². The van der Waals surface area contributed by atoms with E-state index in [4.69, 9.17) is 4.55 Å². The van der Waals surface area contributed by atoms with Gasteiger partial charge in [-0.15, -0.1) is 12.6 Å². The molecule has 1 heterocycles. The van der Waals surface area contributed by atoms with Crippen molar-refractivity contribution in [1.29, 1.82) is 0 Å². The van der Waals surface area contributed by atoms with Crippen LogP contribution in [0.1, 0.15) is 6.42 Å². The van der Waals surface area contributed by atoms with E-state index in [0.717, 1.165) is 17.9 Å². The smallest absolute Gasteiger partial charge is 0.190 e. The SMILES string of the molecule is O=S(O)CCCSSC1(S)Nc2ccccc2S1. The first-order valence-electron chi connectivity index (χ1n) is 5.26. The molecule has 0 amide bonds. The molecule has 1 aromatic carbocycles. The van der Waals surface area contributed by atoms with Crippen molar-refractivity contribution in [3.63, 3.8) is 0 Å². The van der Waals surface area contributed by atoms with Crippen LogP contribution in [0.5, 0.6) is 0 Å². The van der Waals surface area contributed by atoms with Gasteiger partial charge in [0.05, 0.1) is 11.4 Å². The fourth-order valence-corrected chi connectivity index (χ4v) is 6.71. The van der Waals surface area contributed by atoms with Gasteiger partial charge >= 0.3 is 0 Å². The maximum absolute atomic E-state index is 10.5. The molecule has 18 heavy (non-hydrogen) atoms. The number of fused-ring (bicyclic) bond motifs is 1. The number of anilines is 1. The minimum absolute atomic E-state index is 0.341. The van der Waals surface area contributed by atoms with Gasteiger partial charge in [0.25, 0.3) is 0 Å². The predicted octanol–water partition coefficient (Wildman–Crippen LogP) is 3.74. The van der Waals surface area contributed by atoms with Crippen LogP contribution in [0.25, 0.3) is 0 Å². The van der Waals surface area contributed by atoms with Crippen molar-refractivity contribution in [3.05, 3.63) is 24.3 Å². The lowest BCUT2D eigenvalue weighted by molar-refractivity contribution is 0.563. The Morgan fingerprint density at radius 2 is 2.28 bits per heavy atom. The third kappa shape index (κ3) is 4.28. The monoisotopic (exact) mass is 339 g/mol. The number of hydrogen-bond donors (Lipinski definition) is 3. The lowest BCUT2D eigenvalue weighted by atomic mass is 10.3. The van der Waals surface area contributed by atoms with E-state index < -0.39 is 11.1 Å². The predicted molar refractivity (Wildman–Crippen MR) is 87.9 cm³/mol. The van der Waals surface area contributed by atoms with E-state index in [1.165, 1.54) is 4.90 Å². The second-order valence-corrected chi connectivity index (χ2v) is 10.1. The number of rotatable bonds is 6. The average Bonchev–Trinajstić information content (AvgIpc) is 2.64. The molecule has 1 aliphatic heterocycles. The average molecular weight is 340 g/mol. The van der Waals surface area contributed by atoms with Crippen molar-refractivity contribution in [3.8, 4) is 0 Å². The molecule has 0 saturated heterocycles. The molecule has 2 unspecified atom stereocenters. The second kappa shape index (κ2) is 6.81. The Kier molecular flexibility index (Phi) is 5.64. The minimum atomic E-state index is -1.68. The molecule has 100 valence electrons. The summed E-state index contributed by atoms with van der Waals surface area (Å²) in [4.78, 5) is 1.21. The Bertz CT molecular complexity index is 417. The normalized spacial score (nSPS) is 23.4. The Morgan fingerprint density at radius 1 is 1.50 bits per heavy atom. The van der Waals surface area contributed by atoms with Crippen LogP contribution in [0.3, 0.4) is 0 Å². The number of para-hydroxylation sites is 1. The van der Waals surface area contributed by atoms with E-state index in [0.29, 0.717) is 5.75 Å². The zero-order chi connectivity index (χ0) is 13.0. The molecule has 1 aromatic rings. The highest BCUT2D eigenvalue weighted by atomic mass is 33.1. The van der Waals surface area contributed by atoms with Crippen molar-refractivity contribution in [2.45, 2.75) is 14.9 Å². The topological polar surface area (TPSA) is 49.3 Å². The molecule has 2 rings (SSSR count). The highest BCUT2D eigenvalue weighted by Crippen LogP contribution is 2.56. The summed E-state index contributed by atoms with van der Waals surface area (Å²) in [5.74, 6) is 1.19.